The van der Waals surface area contributed by atoms with Crippen LogP contribution in [0.15, 0.2) is 134 Å². The molecule has 4 aliphatic rings. The van der Waals surface area contributed by atoms with Gasteiger partial charge < -0.3 is 9.47 Å². The fourth-order valence-corrected chi connectivity index (χ4v) is 6.68. The smallest absolute Gasteiger partial charge is 0.141 e. The van der Waals surface area contributed by atoms with Crippen molar-refractivity contribution in [1.29, 1.82) is 0 Å². The van der Waals surface area contributed by atoms with Gasteiger partial charge >= 0.3 is 0 Å². The van der Waals surface area contributed by atoms with Crippen molar-refractivity contribution < 1.29 is 9.47 Å². The van der Waals surface area contributed by atoms with Crippen molar-refractivity contribution in [3.8, 4) is 22.3 Å². The molecular formula is C35H24O2. The molecule has 2 unspecified atom stereocenters. The second kappa shape index (κ2) is 7.72. The molecule has 2 aliphatic carbocycles. The molecule has 0 aromatic heterocycles. The second-order valence-electron chi connectivity index (χ2n) is 9.99. The molecule has 176 valence electrons. The molecule has 0 amide bonds. The van der Waals surface area contributed by atoms with Crippen LogP contribution in [0.5, 0.6) is 0 Å². The summed E-state index contributed by atoms with van der Waals surface area (Å²) in [5, 5.41) is 0. The Kier molecular flexibility index (Phi) is 4.30. The molecule has 0 saturated heterocycles. The van der Waals surface area contributed by atoms with E-state index in [0.717, 1.165) is 11.1 Å². The van der Waals surface area contributed by atoms with Crippen LogP contribution in [-0.2, 0) is 14.9 Å². The summed E-state index contributed by atoms with van der Waals surface area (Å²) in [6, 6.07) is 31.6. The van der Waals surface area contributed by atoms with Crippen molar-refractivity contribution >= 4 is 0 Å². The lowest BCUT2D eigenvalue weighted by molar-refractivity contribution is 0.186. The number of benzene rings is 4. The Balaban J connectivity index is 1.44. The van der Waals surface area contributed by atoms with Crippen LogP contribution in [0.2, 0.25) is 0 Å². The third-order valence-electron chi connectivity index (χ3n) is 8.20. The van der Waals surface area contributed by atoms with Crippen LogP contribution in [0, 0.1) is 0 Å². The Morgan fingerprint density at radius 1 is 0.459 bits per heavy atom. The van der Waals surface area contributed by atoms with Crippen molar-refractivity contribution in [2.45, 2.75) is 17.6 Å². The van der Waals surface area contributed by atoms with Crippen molar-refractivity contribution in [1.82, 2.24) is 0 Å². The van der Waals surface area contributed by atoms with Crippen LogP contribution in [0.4, 0.5) is 0 Å². The highest BCUT2D eigenvalue weighted by Crippen LogP contribution is 2.63. The van der Waals surface area contributed by atoms with Gasteiger partial charge in [-0.3, -0.25) is 0 Å². The lowest BCUT2D eigenvalue weighted by atomic mass is 9.70. The summed E-state index contributed by atoms with van der Waals surface area (Å²) >= 11 is 0. The van der Waals surface area contributed by atoms with Gasteiger partial charge in [0.25, 0.3) is 0 Å². The number of fused-ring (bicyclic) bond motifs is 10. The zero-order chi connectivity index (χ0) is 24.4. The molecule has 2 heteroatoms. The molecule has 0 N–H and O–H groups in total. The Morgan fingerprint density at radius 2 is 0.919 bits per heavy atom. The third-order valence-corrected chi connectivity index (χ3v) is 8.20. The van der Waals surface area contributed by atoms with Crippen LogP contribution in [0.25, 0.3) is 22.3 Å². The molecule has 4 aromatic carbocycles. The Hall–Kier alpha value is -4.56. The molecule has 37 heavy (non-hydrogen) atoms. The van der Waals surface area contributed by atoms with Crippen LogP contribution >= 0.6 is 0 Å². The molecule has 0 bridgehead atoms. The highest BCUT2D eigenvalue weighted by atomic mass is 16.5. The molecule has 0 fully saturated rings. The predicted octanol–water partition coefficient (Wildman–Crippen LogP) is 8.31. The lowest BCUT2D eigenvalue weighted by Crippen LogP contribution is -2.26. The van der Waals surface area contributed by atoms with Gasteiger partial charge in [0.2, 0.25) is 0 Å². The van der Waals surface area contributed by atoms with Gasteiger partial charge in [0.15, 0.2) is 0 Å². The van der Waals surface area contributed by atoms with Crippen LogP contribution in [0.1, 0.15) is 45.6 Å². The molecule has 4 aromatic rings. The summed E-state index contributed by atoms with van der Waals surface area (Å²) in [7, 11) is 0. The first-order chi connectivity index (χ1) is 18.4. The van der Waals surface area contributed by atoms with E-state index >= 15 is 0 Å². The maximum Gasteiger partial charge on any atom is 0.141 e. The van der Waals surface area contributed by atoms with Gasteiger partial charge in [-0.25, -0.2) is 0 Å². The molecule has 2 nitrogen and oxygen atoms in total. The summed E-state index contributed by atoms with van der Waals surface area (Å²) in [5.41, 5.74) is 12.4. The van der Waals surface area contributed by atoms with Gasteiger partial charge in [-0.1, -0.05) is 84.9 Å². The first-order valence-electron chi connectivity index (χ1n) is 12.8. The molecular weight excluding hydrogens is 452 g/mol. The molecule has 8 rings (SSSR count). The van der Waals surface area contributed by atoms with E-state index in [9.17, 15) is 0 Å². The van der Waals surface area contributed by atoms with Gasteiger partial charge in [0.1, 0.15) is 12.2 Å². The number of ether oxygens (including phenoxy) is 2. The molecule has 0 radical (unpaired) electrons. The van der Waals surface area contributed by atoms with Gasteiger partial charge in [0, 0.05) is 0 Å². The quantitative estimate of drug-likeness (QED) is 0.250. The van der Waals surface area contributed by atoms with Gasteiger partial charge in [-0.2, -0.15) is 0 Å². The monoisotopic (exact) mass is 476 g/mol. The van der Waals surface area contributed by atoms with E-state index in [1.807, 2.05) is 12.2 Å². The van der Waals surface area contributed by atoms with Gasteiger partial charge in [0.05, 0.1) is 17.9 Å². The van der Waals surface area contributed by atoms with E-state index in [-0.39, 0.29) is 12.2 Å². The van der Waals surface area contributed by atoms with Crippen molar-refractivity contribution in [3.63, 3.8) is 0 Å². The number of allylic oxidation sites excluding steroid dienone is 4. The van der Waals surface area contributed by atoms with Crippen LogP contribution in [-0.4, -0.2) is 0 Å². The molecule has 1 spiro atoms. The topological polar surface area (TPSA) is 18.5 Å². The lowest BCUT2D eigenvalue weighted by Gasteiger charge is -2.31. The van der Waals surface area contributed by atoms with Crippen molar-refractivity contribution in [3.05, 3.63) is 167 Å². The van der Waals surface area contributed by atoms with Crippen LogP contribution < -0.4 is 0 Å². The first-order valence-corrected chi connectivity index (χ1v) is 12.8. The zero-order valence-electron chi connectivity index (χ0n) is 20.2. The van der Waals surface area contributed by atoms with Crippen molar-refractivity contribution in [2.75, 3.05) is 0 Å². The van der Waals surface area contributed by atoms with E-state index in [4.69, 9.17) is 9.47 Å². The molecule has 2 aliphatic heterocycles. The molecule has 0 saturated carbocycles. The largest absolute Gasteiger partial charge is 0.489 e. The fraction of sp³-hybridized carbons (Fsp3) is 0.0857. The van der Waals surface area contributed by atoms with E-state index in [1.165, 1.54) is 44.5 Å². The minimum Gasteiger partial charge on any atom is -0.489 e. The predicted molar refractivity (Wildman–Crippen MR) is 147 cm³/mol. The maximum absolute atomic E-state index is 5.99. The third kappa shape index (κ3) is 2.76. The van der Waals surface area contributed by atoms with E-state index in [2.05, 4.69) is 109 Å². The highest BCUT2D eigenvalue weighted by Gasteiger charge is 2.51. The van der Waals surface area contributed by atoms with E-state index in [1.54, 1.807) is 12.5 Å². The summed E-state index contributed by atoms with van der Waals surface area (Å²) in [5.74, 6) is 0. The zero-order valence-corrected chi connectivity index (χ0v) is 20.2. The number of hydrogen-bond donors (Lipinski definition) is 0. The van der Waals surface area contributed by atoms with E-state index in [0.29, 0.717) is 0 Å². The first kappa shape index (κ1) is 20.6. The van der Waals surface area contributed by atoms with Gasteiger partial charge in [-0.15, -0.1) is 0 Å². The van der Waals surface area contributed by atoms with Crippen LogP contribution in [0.3, 0.4) is 0 Å². The standard InChI is InChI=1S/C35H24O2/c1-3-11-29-25(9-1)26-10-2-4-12-30(26)35(29)31-21-23(33-13-5-7-19-36-33)15-17-27(31)28-18-16-24(22-32(28)35)34-14-6-8-20-37-34/h1-22,33-34H. The minimum atomic E-state index is -0.397. The summed E-state index contributed by atoms with van der Waals surface area (Å²) in [6.45, 7) is 0. The van der Waals surface area contributed by atoms with Crippen molar-refractivity contribution in [2.24, 2.45) is 0 Å². The van der Waals surface area contributed by atoms with Gasteiger partial charge in [-0.05, 0) is 92.1 Å². The molecule has 2 atom stereocenters. The van der Waals surface area contributed by atoms with E-state index < -0.39 is 5.41 Å². The minimum absolute atomic E-state index is 0.0916. The summed E-state index contributed by atoms with van der Waals surface area (Å²) in [6.07, 6.45) is 15.6. The summed E-state index contributed by atoms with van der Waals surface area (Å²) < 4.78 is 12.0. The Morgan fingerprint density at radius 3 is 1.38 bits per heavy atom. The highest BCUT2D eigenvalue weighted by molar-refractivity contribution is 5.95. The Labute approximate surface area is 216 Å². The maximum atomic E-state index is 5.99. The summed E-state index contributed by atoms with van der Waals surface area (Å²) in [4.78, 5) is 0. The number of rotatable bonds is 2. The second-order valence-corrected chi connectivity index (χ2v) is 9.99. The normalized spacial score (nSPS) is 20.6. The number of hydrogen-bond acceptors (Lipinski definition) is 2. The fourth-order valence-electron chi connectivity index (χ4n) is 6.68. The SMILES string of the molecule is C1=COC(c2ccc3c(c2)C2(c4ccccc4-c4ccccc42)c2cc(C4C=CC=CO4)ccc2-3)C=C1. The molecule has 2 heterocycles. The average molecular weight is 477 g/mol. The average Bonchev–Trinajstić information content (AvgIpc) is 3.45. The Bertz CT molecular complexity index is 1570.